The molecular formula is C15H21ClN2O. The van der Waals surface area contributed by atoms with Gasteiger partial charge in [0, 0.05) is 18.9 Å². The number of carbonyl (C=O) groups excluding carboxylic acids is 1. The minimum atomic E-state index is -0.101. The van der Waals surface area contributed by atoms with Crippen molar-refractivity contribution < 1.29 is 4.79 Å². The van der Waals surface area contributed by atoms with Crippen LogP contribution in [0.15, 0.2) is 18.5 Å². The summed E-state index contributed by atoms with van der Waals surface area (Å²) < 4.78 is 0. The van der Waals surface area contributed by atoms with Gasteiger partial charge >= 0.3 is 0 Å². The molecule has 2 rings (SSSR count). The molecule has 0 radical (unpaired) electrons. The molecule has 1 aromatic rings. The lowest BCUT2D eigenvalue weighted by molar-refractivity contribution is 0.0949. The summed E-state index contributed by atoms with van der Waals surface area (Å²) in [5.74, 6) is 1.50. The first kappa shape index (κ1) is 14.3. The first-order chi connectivity index (χ1) is 9.16. The Kier molecular flexibility index (Phi) is 5.20. The van der Waals surface area contributed by atoms with Crippen LogP contribution in [0.4, 0.5) is 0 Å². The molecule has 1 N–H and O–H groups in total. The minimum Gasteiger partial charge on any atom is -0.352 e. The lowest BCUT2D eigenvalue weighted by Crippen LogP contribution is -2.27. The van der Waals surface area contributed by atoms with Gasteiger partial charge in [0.25, 0.3) is 5.91 Å². The van der Waals surface area contributed by atoms with Gasteiger partial charge in [0.15, 0.2) is 0 Å². The average Bonchev–Trinajstić information content (AvgIpc) is 2.39. The maximum atomic E-state index is 11.9. The summed E-state index contributed by atoms with van der Waals surface area (Å²) in [5, 5.41) is 3.36. The van der Waals surface area contributed by atoms with Crippen molar-refractivity contribution in [2.45, 2.75) is 39.0 Å². The number of hydrogen-bond donors (Lipinski definition) is 1. The van der Waals surface area contributed by atoms with Crippen molar-refractivity contribution in [2.24, 2.45) is 11.8 Å². The lowest BCUT2D eigenvalue weighted by Gasteiger charge is -2.26. The van der Waals surface area contributed by atoms with Gasteiger partial charge in [0.1, 0.15) is 0 Å². The highest BCUT2D eigenvalue weighted by Crippen LogP contribution is 2.30. The quantitative estimate of drug-likeness (QED) is 0.914. The molecule has 2 unspecified atom stereocenters. The predicted molar refractivity (Wildman–Crippen MR) is 77.3 cm³/mol. The van der Waals surface area contributed by atoms with Crippen molar-refractivity contribution in [3.8, 4) is 0 Å². The van der Waals surface area contributed by atoms with Crippen LogP contribution >= 0.6 is 11.6 Å². The highest BCUT2D eigenvalue weighted by molar-refractivity contribution is 6.33. The van der Waals surface area contributed by atoms with Crippen molar-refractivity contribution in [1.29, 1.82) is 0 Å². The maximum absolute atomic E-state index is 11.9. The van der Waals surface area contributed by atoms with Crippen LogP contribution in [0.1, 0.15) is 49.4 Å². The number of amides is 1. The van der Waals surface area contributed by atoms with Gasteiger partial charge in [-0.25, -0.2) is 0 Å². The molecule has 104 valence electrons. The normalized spacial score (nSPS) is 23.1. The molecule has 4 heteroatoms. The fourth-order valence-electron chi connectivity index (χ4n) is 2.87. The number of carbonyl (C=O) groups is 1. The van der Waals surface area contributed by atoms with Gasteiger partial charge < -0.3 is 5.32 Å². The van der Waals surface area contributed by atoms with Crippen LogP contribution in [0.2, 0.25) is 5.02 Å². The van der Waals surface area contributed by atoms with Crippen molar-refractivity contribution in [3.05, 3.63) is 29.0 Å². The number of halogens is 1. The van der Waals surface area contributed by atoms with Gasteiger partial charge in [-0.05, 0) is 30.7 Å². The third-order valence-corrected chi connectivity index (χ3v) is 4.20. The molecule has 1 aliphatic carbocycles. The second-order valence-corrected chi connectivity index (χ2v) is 5.95. The van der Waals surface area contributed by atoms with E-state index in [9.17, 15) is 4.79 Å². The van der Waals surface area contributed by atoms with Gasteiger partial charge in [0.05, 0.1) is 10.6 Å². The predicted octanol–water partition coefficient (Wildman–Crippen LogP) is 3.68. The second-order valence-electron chi connectivity index (χ2n) is 5.54. The van der Waals surface area contributed by atoms with E-state index in [4.69, 9.17) is 11.6 Å². The molecule has 0 saturated heterocycles. The molecule has 0 spiro atoms. The number of pyridine rings is 1. The van der Waals surface area contributed by atoms with E-state index >= 15 is 0 Å². The Hall–Kier alpha value is -1.09. The number of hydrogen-bond acceptors (Lipinski definition) is 2. The largest absolute Gasteiger partial charge is 0.352 e. The van der Waals surface area contributed by atoms with E-state index in [0.29, 0.717) is 10.6 Å². The van der Waals surface area contributed by atoms with Gasteiger partial charge in [-0.3, -0.25) is 9.78 Å². The number of rotatable bonds is 4. The van der Waals surface area contributed by atoms with Gasteiger partial charge in [-0.1, -0.05) is 37.8 Å². The molecule has 0 aromatic carbocycles. The molecule has 1 aromatic heterocycles. The molecule has 3 nitrogen and oxygen atoms in total. The van der Waals surface area contributed by atoms with E-state index in [2.05, 4.69) is 17.2 Å². The zero-order valence-electron chi connectivity index (χ0n) is 11.4. The van der Waals surface area contributed by atoms with E-state index < -0.39 is 0 Å². The van der Waals surface area contributed by atoms with Crippen LogP contribution in [0.5, 0.6) is 0 Å². The third-order valence-electron chi connectivity index (χ3n) is 3.90. The molecule has 1 fully saturated rings. The number of nitrogens with one attached hydrogen (secondary N) is 1. The first-order valence-electron chi connectivity index (χ1n) is 7.04. The molecule has 1 aliphatic rings. The molecule has 19 heavy (non-hydrogen) atoms. The van der Waals surface area contributed by atoms with Crippen molar-refractivity contribution >= 4 is 17.5 Å². The fourth-order valence-corrected chi connectivity index (χ4v) is 3.07. The Morgan fingerprint density at radius 2 is 2.37 bits per heavy atom. The molecule has 1 heterocycles. The van der Waals surface area contributed by atoms with E-state index in [-0.39, 0.29) is 5.91 Å². The fraction of sp³-hybridized carbons (Fsp3) is 0.600. The Morgan fingerprint density at radius 1 is 1.53 bits per heavy atom. The maximum Gasteiger partial charge on any atom is 0.252 e. The van der Waals surface area contributed by atoms with Gasteiger partial charge in [0.2, 0.25) is 0 Å². The minimum absolute atomic E-state index is 0.101. The van der Waals surface area contributed by atoms with Gasteiger partial charge in [-0.15, -0.1) is 0 Å². The second kappa shape index (κ2) is 6.90. The summed E-state index contributed by atoms with van der Waals surface area (Å²) in [6.07, 6.45) is 9.44. The van der Waals surface area contributed by atoms with Crippen molar-refractivity contribution in [2.75, 3.05) is 6.54 Å². The van der Waals surface area contributed by atoms with Crippen LogP contribution in [0.3, 0.4) is 0 Å². The van der Waals surface area contributed by atoms with Crippen LogP contribution in [0, 0.1) is 11.8 Å². The standard InChI is InChI=1S/C15H21ClN2O/c1-11-3-2-4-12(9-11)5-8-18-15(19)13-6-7-17-10-14(13)16/h6-7,10-12H,2-5,8-9H2,1H3,(H,18,19). The van der Waals surface area contributed by atoms with Crippen LogP contribution in [-0.2, 0) is 0 Å². The number of nitrogens with zero attached hydrogens (tertiary/aromatic N) is 1. The van der Waals surface area contributed by atoms with E-state index in [1.54, 1.807) is 12.3 Å². The molecule has 0 bridgehead atoms. The topological polar surface area (TPSA) is 42.0 Å². The first-order valence-corrected chi connectivity index (χ1v) is 7.42. The molecule has 2 atom stereocenters. The molecule has 0 aliphatic heterocycles. The van der Waals surface area contributed by atoms with E-state index in [1.165, 1.54) is 31.9 Å². The summed E-state index contributed by atoms with van der Waals surface area (Å²) in [6, 6.07) is 1.65. The average molecular weight is 281 g/mol. The van der Waals surface area contributed by atoms with Crippen LogP contribution < -0.4 is 5.32 Å². The Labute approximate surface area is 119 Å². The smallest absolute Gasteiger partial charge is 0.252 e. The summed E-state index contributed by atoms with van der Waals surface area (Å²) in [7, 11) is 0. The lowest BCUT2D eigenvalue weighted by atomic mass is 9.81. The molecule has 1 amide bonds. The summed E-state index contributed by atoms with van der Waals surface area (Å²) in [4.78, 5) is 15.8. The zero-order valence-corrected chi connectivity index (χ0v) is 12.1. The number of aromatic nitrogens is 1. The Bertz CT molecular complexity index is 436. The SMILES string of the molecule is CC1CCCC(CCNC(=O)c2ccncc2Cl)C1. The van der Waals surface area contributed by atoms with Crippen LogP contribution in [0.25, 0.3) is 0 Å². The molecule has 1 saturated carbocycles. The highest BCUT2D eigenvalue weighted by Gasteiger charge is 2.18. The Balaban J connectivity index is 1.76. The summed E-state index contributed by atoms with van der Waals surface area (Å²) in [6.45, 7) is 3.05. The summed E-state index contributed by atoms with van der Waals surface area (Å²) in [5.41, 5.74) is 0.508. The molecular weight excluding hydrogens is 260 g/mol. The highest BCUT2D eigenvalue weighted by atomic mass is 35.5. The van der Waals surface area contributed by atoms with Crippen molar-refractivity contribution in [1.82, 2.24) is 10.3 Å². The zero-order chi connectivity index (χ0) is 13.7. The van der Waals surface area contributed by atoms with Crippen LogP contribution in [-0.4, -0.2) is 17.4 Å². The Morgan fingerprint density at radius 3 is 3.11 bits per heavy atom. The monoisotopic (exact) mass is 280 g/mol. The summed E-state index contributed by atoms with van der Waals surface area (Å²) >= 11 is 5.94. The van der Waals surface area contributed by atoms with Crippen molar-refractivity contribution in [3.63, 3.8) is 0 Å². The van der Waals surface area contributed by atoms with Gasteiger partial charge in [-0.2, -0.15) is 0 Å². The third kappa shape index (κ3) is 4.20. The van der Waals surface area contributed by atoms with E-state index in [1.807, 2.05) is 0 Å². The van der Waals surface area contributed by atoms with E-state index in [0.717, 1.165) is 24.8 Å².